The molecule has 1 N–H and O–H groups in total. The number of anilines is 1. The molecule has 0 aliphatic carbocycles. The first-order valence-electron chi connectivity index (χ1n) is 7.41. The quantitative estimate of drug-likeness (QED) is 0.917. The van der Waals surface area contributed by atoms with E-state index >= 15 is 0 Å². The Bertz CT molecular complexity index is 425. The standard InChI is InChI=1S/C15H22ClN3/c1-2-8-19(15-14(16)4-3-7-17-15)13-9-11-5-6-12(10-13)18-11/h3-4,7,11-13,18H,2,5-6,8-10H2,1H3. The summed E-state index contributed by atoms with van der Waals surface area (Å²) in [6.45, 7) is 3.26. The lowest BCUT2D eigenvalue weighted by molar-refractivity contribution is 0.345. The summed E-state index contributed by atoms with van der Waals surface area (Å²) in [6.07, 6.45) is 8.09. The van der Waals surface area contributed by atoms with Crippen LogP contribution in [0.4, 0.5) is 5.82 Å². The summed E-state index contributed by atoms with van der Waals surface area (Å²) in [7, 11) is 0. The normalized spacial score (nSPS) is 29.5. The molecule has 2 fully saturated rings. The predicted molar refractivity (Wildman–Crippen MR) is 79.9 cm³/mol. The van der Waals surface area contributed by atoms with E-state index in [1.807, 2.05) is 18.3 Å². The van der Waals surface area contributed by atoms with E-state index in [2.05, 4.69) is 22.1 Å². The van der Waals surface area contributed by atoms with Crippen LogP contribution in [0.1, 0.15) is 39.0 Å². The second-order valence-corrected chi connectivity index (χ2v) is 6.17. The minimum atomic E-state index is 0.589. The topological polar surface area (TPSA) is 28.2 Å². The van der Waals surface area contributed by atoms with Gasteiger partial charge in [-0.25, -0.2) is 4.98 Å². The number of hydrogen-bond donors (Lipinski definition) is 1. The number of nitrogens with one attached hydrogen (secondary N) is 1. The van der Waals surface area contributed by atoms with Crippen LogP contribution in [0.3, 0.4) is 0 Å². The van der Waals surface area contributed by atoms with E-state index in [0.717, 1.165) is 23.8 Å². The van der Waals surface area contributed by atoms with Crippen molar-refractivity contribution in [1.29, 1.82) is 0 Å². The largest absolute Gasteiger partial charge is 0.352 e. The zero-order chi connectivity index (χ0) is 13.2. The fourth-order valence-corrected chi connectivity index (χ4v) is 3.80. The molecular formula is C15H22ClN3. The number of pyridine rings is 1. The Kier molecular flexibility index (Phi) is 3.94. The molecule has 0 radical (unpaired) electrons. The molecule has 104 valence electrons. The molecule has 3 rings (SSSR count). The van der Waals surface area contributed by atoms with E-state index in [1.54, 1.807) is 0 Å². The SMILES string of the molecule is CCCN(c1ncccc1Cl)C1CC2CCC(C1)N2. The van der Waals surface area contributed by atoms with Gasteiger partial charge in [-0.1, -0.05) is 18.5 Å². The monoisotopic (exact) mass is 279 g/mol. The molecule has 4 heteroatoms. The van der Waals surface area contributed by atoms with Gasteiger partial charge in [0.05, 0.1) is 5.02 Å². The van der Waals surface area contributed by atoms with Crippen LogP contribution in [0.15, 0.2) is 18.3 Å². The Hall–Kier alpha value is -0.800. The number of piperidine rings is 1. The smallest absolute Gasteiger partial charge is 0.147 e. The van der Waals surface area contributed by atoms with E-state index in [-0.39, 0.29) is 0 Å². The average Bonchev–Trinajstić information content (AvgIpc) is 2.76. The van der Waals surface area contributed by atoms with Gasteiger partial charge in [0.2, 0.25) is 0 Å². The summed E-state index contributed by atoms with van der Waals surface area (Å²) in [6, 6.07) is 5.84. The van der Waals surface area contributed by atoms with Crippen LogP contribution >= 0.6 is 11.6 Å². The maximum atomic E-state index is 6.34. The van der Waals surface area contributed by atoms with Crippen molar-refractivity contribution in [3.8, 4) is 0 Å². The summed E-state index contributed by atoms with van der Waals surface area (Å²) < 4.78 is 0. The van der Waals surface area contributed by atoms with Gasteiger partial charge in [-0.2, -0.15) is 0 Å². The van der Waals surface area contributed by atoms with Crippen LogP contribution in [0, 0.1) is 0 Å². The molecular weight excluding hydrogens is 258 g/mol. The third-order valence-corrected chi connectivity index (χ3v) is 4.66. The molecule has 3 nitrogen and oxygen atoms in total. The number of fused-ring (bicyclic) bond motifs is 2. The first-order valence-corrected chi connectivity index (χ1v) is 7.79. The summed E-state index contributed by atoms with van der Waals surface area (Å²) >= 11 is 6.34. The Labute approximate surface area is 120 Å². The fraction of sp³-hybridized carbons (Fsp3) is 0.667. The molecule has 2 saturated heterocycles. The van der Waals surface area contributed by atoms with E-state index < -0.39 is 0 Å². The number of rotatable bonds is 4. The van der Waals surface area contributed by atoms with Crippen molar-refractivity contribution < 1.29 is 0 Å². The van der Waals surface area contributed by atoms with E-state index in [4.69, 9.17) is 11.6 Å². The van der Waals surface area contributed by atoms with Gasteiger partial charge in [0.25, 0.3) is 0 Å². The van der Waals surface area contributed by atoms with E-state index in [9.17, 15) is 0 Å². The second kappa shape index (κ2) is 5.68. The van der Waals surface area contributed by atoms with Gasteiger partial charge in [0, 0.05) is 30.9 Å². The van der Waals surface area contributed by atoms with Crippen LogP contribution in [0.2, 0.25) is 5.02 Å². The molecule has 3 heterocycles. The van der Waals surface area contributed by atoms with Gasteiger partial charge in [0.1, 0.15) is 5.82 Å². The Balaban J connectivity index is 1.83. The zero-order valence-electron chi connectivity index (χ0n) is 11.5. The van der Waals surface area contributed by atoms with Gasteiger partial charge in [-0.15, -0.1) is 0 Å². The number of hydrogen-bond acceptors (Lipinski definition) is 3. The third kappa shape index (κ3) is 2.72. The molecule has 2 unspecified atom stereocenters. The van der Waals surface area contributed by atoms with Gasteiger partial charge < -0.3 is 10.2 Å². The summed E-state index contributed by atoms with van der Waals surface area (Å²) in [5.74, 6) is 0.970. The van der Waals surface area contributed by atoms with Crippen molar-refractivity contribution in [2.75, 3.05) is 11.4 Å². The highest BCUT2D eigenvalue weighted by atomic mass is 35.5. The molecule has 2 atom stereocenters. The fourth-order valence-electron chi connectivity index (χ4n) is 3.57. The first-order chi connectivity index (χ1) is 9.28. The van der Waals surface area contributed by atoms with Crippen LogP contribution in [0.5, 0.6) is 0 Å². The van der Waals surface area contributed by atoms with Crippen LogP contribution in [0.25, 0.3) is 0 Å². The van der Waals surface area contributed by atoms with Crippen molar-refractivity contribution in [3.05, 3.63) is 23.4 Å². The predicted octanol–water partition coefficient (Wildman–Crippen LogP) is 3.23. The Morgan fingerprint density at radius 3 is 2.74 bits per heavy atom. The summed E-state index contributed by atoms with van der Waals surface area (Å²) in [5.41, 5.74) is 0. The Morgan fingerprint density at radius 2 is 2.11 bits per heavy atom. The van der Waals surface area contributed by atoms with Gasteiger partial charge in [0.15, 0.2) is 0 Å². The van der Waals surface area contributed by atoms with Crippen molar-refractivity contribution in [2.45, 2.75) is 57.2 Å². The molecule has 1 aromatic heterocycles. The van der Waals surface area contributed by atoms with Crippen LogP contribution in [-0.2, 0) is 0 Å². The first kappa shape index (κ1) is 13.2. The Morgan fingerprint density at radius 1 is 1.37 bits per heavy atom. The minimum absolute atomic E-state index is 0.589. The molecule has 0 amide bonds. The number of nitrogens with zero attached hydrogens (tertiary/aromatic N) is 2. The maximum absolute atomic E-state index is 6.34. The van der Waals surface area contributed by atoms with Gasteiger partial charge >= 0.3 is 0 Å². The maximum Gasteiger partial charge on any atom is 0.147 e. The van der Waals surface area contributed by atoms with Crippen LogP contribution in [-0.4, -0.2) is 29.7 Å². The lowest BCUT2D eigenvalue weighted by Gasteiger charge is -2.38. The third-order valence-electron chi connectivity index (χ3n) is 4.36. The van der Waals surface area contributed by atoms with E-state index in [1.165, 1.54) is 25.7 Å². The molecule has 2 aliphatic rings. The molecule has 2 aliphatic heterocycles. The molecule has 19 heavy (non-hydrogen) atoms. The molecule has 1 aromatic rings. The highest BCUT2D eigenvalue weighted by molar-refractivity contribution is 6.32. The van der Waals surface area contributed by atoms with Crippen molar-refractivity contribution in [2.24, 2.45) is 0 Å². The zero-order valence-corrected chi connectivity index (χ0v) is 12.2. The molecule has 0 aromatic carbocycles. The summed E-state index contributed by atoms with van der Waals surface area (Å²) in [5, 5.41) is 4.48. The lowest BCUT2D eigenvalue weighted by atomic mass is 9.98. The average molecular weight is 280 g/mol. The van der Waals surface area contributed by atoms with E-state index in [0.29, 0.717) is 18.1 Å². The second-order valence-electron chi connectivity index (χ2n) is 5.77. The number of halogens is 1. The minimum Gasteiger partial charge on any atom is -0.352 e. The molecule has 0 saturated carbocycles. The highest BCUT2D eigenvalue weighted by Gasteiger charge is 2.36. The lowest BCUT2D eigenvalue weighted by Crippen LogP contribution is -2.49. The highest BCUT2D eigenvalue weighted by Crippen LogP contribution is 2.33. The van der Waals surface area contributed by atoms with Crippen molar-refractivity contribution in [3.63, 3.8) is 0 Å². The van der Waals surface area contributed by atoms with Crippen molar-refractivity contribution >= 4 is 17.4 Å². The number of aromatic nitrogens is 1. The molecule has 2 bridgehead atoms. The van der Waals surface area contributed by atoms with Gasteiger partial charge in [-0.05, 0) is 44.2 Å². The van der Waals surface area contributed by atoms with Gasteiger partial charge in [-0.3, -0.25) is 0 Å². The summed E-state index contributed by atoms with van der Waals surface area (Å²) in [4.78, 5) is 6.96. The van der Waals surface area contributed by atoms with Crippen molar-refractivity contribution in [1.82, 2.24) is 10.3 Å². The molecule has 0 spiro atoms. The van der Waals surface area contributed by atoms with Crippen LogP contribution < -0.4 is 10.2 Å².